The number of halogens is 1. The highest BCUT2D eigenvalue weighted by atomic mass is 35.5. The summed E-state index contributed by atoms with van der Waals surface area (Å²) in [7, 11) is 0. The number of carboxylic acid groups (broad SMARTS) is 1. The summed E-state index contributed by atoms with van der Waals surface area (Å²) >= 11 is 0. The summed E-state index contributed by atoms with van der Waals surface area (Å²) in [6, 6.07) is 2.17. The Morgan fingerprint density at radius 3 is 2.88 bits per heavy atom. The normalized spacial score (nSPS) is 19.3. The van der Waals surface area contributed by atoms with Gasteiger partial charge in [-0.1, -0.05) is 0 Å². The van der Waals surface area contributed by atoms with Crippen molar-refractivity contribution < 1.29 is 9.90 Å². The molecular formula is C11H15ClN2O2. The fourth-order valence-electron chi connectivity index (χ4n) is 2.02. The summed E-state index contributed by atoms with van der Waals surface area (Å²) in [6.45, 7) is 3.15. The number of carboxylic acids is 1. The van der Waals surface area contributed by atoms with Crippen molar-refractivity contribution in [2.24, 2.45) is 0 Å². The smallest absolute Gasteiger partial charge is 0.337 e. The molecule has 0 amide bonds. The molecule has 88 valence electrons. The molecule has 0 saturated carbocycles. The Morgan fingerprint density at radius 1 is 1.56 bits per heavy atom. The van der Waals surface area contributed by atoms with Crippen LogP contribution in [0.2, 0.25) is 0 Å². The van der Waals surface area contributed by atoms with Crippen LogP contribution in [0.25, 0.3) is 0 Å². The van der Waals surface area contributed by atoms with Crippen LogP contribution in [-0.2, 0) is 0 Å². The van der Waals surface area contributed by atoms with Crippen molar-refractivity contribution >= 4 is 24.1 Å². The first-order valence-corrected chi connectivity index (χ1v) is 5.13. The van der Waals surface area contributed by atoms with Crippen LogP contribution in [0.5, 0.6) is 0 Å². The van der Waals surface area contributed by atoms with Crippen LogP contribution in [0, 0.1) is 0 Å². The predicted octanol–water partition coefficient (Wildman–Crippen LogP) is 2.19. The highest BCUT2D eigenvalue weighted by Gasteiger charge is 2.21. The fourth-order valence-corrected chi connectivity index (χ4v) is 2.02. The van der Waals surface area contributed by atoms with Crippen molar-refractivity contribution in [3.05, 3.63) is 24.0 Å². The summed E-state index contributed by atoms with van der Waals surface area (Å²) in [6.07, 6.45) is 5.44. The van der Waals surface area contributed by atoms with Gasteiger partial charge >= 0.3 is 5.97 Å². The minimum atomic E-state index is -0.920. The summed E-state index contributed by atoms with van der Waals surface area (Å²) < 4.78 is 0. The maximum atomic E-state index is 10.8. The Hall–Kier alpha value is -1.29. The van der Waals surface area contributed by atoms with E-state index in [4.69, 9.17) is 5.11 Å². The molecule has 4 nitrogen and oxygen atoms in total. The SMILES string of the molecule is CC1CCCN1c1cncc(C(=O)O)c1.Cl. The standard InChI is InChI=1S/C11H14N2O2.ClH/c1-8-3-2-4-13(8)10-5-9(11(14)15)6-12-7-10;/h5-8H,2-4H2,1H3,(H,14,15);1H. The monoisotopic (exact) mass is 242 g/mol. The van der Waals surface area contributed by atoms with Crippen molar-refractivity contribution in [1.82, 2.24) is 4.98 Å². The zero-order valence-corrected chi connectivity index (χ0v) is 9.91. The first kappa shape index (κ1) is 12.8. The second-order valence-electron chi connectivity index (χ2n) is 3.92. The topological polar surface area (TPSA) is 53.4 Å². The van der Waals surface area contributed by atoms with Gasteiger partial charge in [-0.05, 0) is 25.8 Å². The Kier molecular flexibility index (Phi) is 4.12. The van der Waals surface area contributed by atoms with Gasteiger partial charge in [-0.3, -0.25) is 4.98 Å². The maximum Gasteiger partial charge on any atom is 0.337 e. The molecule has 1 aromatic rings. The molecule has 0 radical (unpaired) electrons. The fraction of sp³-hybridized carbons (Fsp3) is 0.455. The average molecular weight is 243 g/mol. The van der Waals surface area contributed by atoms with E-state index in [2.05, 4.69) is 16.8 Å². The molecule has 2 rings (SSSR count). The molecule has 1 aliphatic heterocycles. The zero-order chi connectivity index (χ0) is 10.8. The molecule has 1 N–H and O–H groups in total. The van der Waals surface area contributed by atoms with E-state index < -0.39 is 5.97 Å². The van der Waals surface area contributed by atoms with Crippen molar-refractivity contribution in [1.29, 1.82) is 0 Å². The molecule has 1 saturated heterocycles. The molecule has 1 fully saturated rings. The first-order valence-electron chi connectivity index (χ1n) is 5.13. The number of pyridine rings is 1. The summed E-state index contributed by atoms with van der Waals surface area (Å²) in [5.41, 5.74) is 1.17. The summed E-state index contributed by atoms with van der Waals surface area (Å²) in [4.78, 5) is 17.0. The summed E-state index contributed by atoms with van der Waals surface area (Å²) in [5, 5.41) is 8.86. The van der Waals surface area contributed by atoms with Gasteiger partial charge in [-0.15, -0.1) is 12.4 Å². The third-order valence-corrected chi connectivity index (χ3v) is 2.86. The third kappa shape index (κ3) is 2.44. The number of carbonyl (C=O) groups is 1. The molecule has 0 aliphatic carbocycles. The van der Waals surface area contributed by atoms with Crippen molar-refractivity contribution in [2.45, 2.75) is 25.8 Å². The van der Waals surface area contributed by atoms with Gasteiger partial charge in [0.15, 0.2) is 0 Å². The number of aromatic carboxylic acids is 1. The van der Waals surface area contributed by atoms with Crippen LogP contribution in [-0.4, -0.2) is 28.6 Å². The van der Waals surface area contributed by atoms with Crippen LogP contribution >= 0.6 is 12.4 Å². The van der Waals surface area contributed by atoms with Crippen molar-refractivity contribution in [2.75, 3.05) is 11.4 Å². The molecule has 5 heteroatoms. The molecule has 16 heavy (non-hydrogen) atoms. The first-order chi connectivity index (χ1) is 7.18. The number of aromatic nitrogens is 1. The quantitative estimate of drug-likeness (QED) is 0.864. The van der Waals surface area contributed by atoms with Crippen LogP contribution in [0.1, 0.15) is 30.1 Å². The van der Waals surface area contributed by atoms with E-state index in [-0.39, 0.29) is 18.0 Å². The largest absolute Gasteiger partial charge is 0.478 e. The minimum Gasteiger partial charge on any atom is -0.478 e. The van der Waals surface area contributed by atoms with E-state index in [0.717, 1.165) is 18.7 Å². The van der Waals surface area contributed by atoms with Crippen molar-refractivity contribution in [3.8, 4) is 0 Å². The van der Waals surface area contributed by atoms with Gasteiger partial charge in [0.05, 0.1) is 17.4 Å². The highest BCUT2D eigenvalue weighted by Crippen LogP contribution is 2.24. The van der Waals surface area contributed by atoms with Crippen LogP contribution in [0.4, 0.5) is 5.69 Å². The van der Waals surface area contributed by atoms with Gasteiger partial charge in [0.1, 0.15) is 0 Å². The molecular weight excluding hydrogens is 228 g/mol. The van der Waals surface area contributed by atoms with Crippen LogP contribution in [0.3, 0.4) is 0 Å². The molecule has 1 atom stereocenters. The Bertz CT molecular complexity index is 384. The molecule has 0 bridgehead atoms. The van der Waals surface area contributed by atoms with Gasteiger partial charge in [0.2, 0.25) is 0 Å². The van der Waals surface area contributed by atoms with E-state index in [1.165, 1.54) is 12.6 Å². The van der Waals surface area contributed by atoms with E-state index in [1.807, 2.05) is 0 Å². The van der Waals surface area contributed by atoms with E-state index >= 15 is 0 Å². The predicted molar refractivity (Wildman–Crippen MR) is 64.5 cm³/mol. The second kappa shape index (κ2) is 5.16. The molecule has 1 unspecified atom stereocenters. The van der Waals surface area contributed by atoms with E-state index in [9.17, 15) is 4.79 Å². The van der Waals surface area contributed by atoms with Gasteiger partial charge < -0.3 is 10.0 Å². The van der Waals surface area contributed by atoms with Gasteiger partial charge in [-0.2, -0.15) is 0 Å². The maximum absolute atomic E-state index is 10.8. The average Bonchev–Trinajstić information content (AvgIpc) is 2.64. The minimum absolute atomic E-state index is 0. The Morgan fingerprint density at radius 2 is 2.31 bits per heavy atom. The van der Waals surface area contributed by atoms with Crippen LogP contribution < -0.4 is 4.90 Å². The van der Waals surface area contributed by atoms with E-state index in [1.54, 1.807) is 12.3 Å². The molecule has 0 spiro atoms. The number of hydrogen-bond donors (Lipinski definition) is 1. The number of hydrogen-bond acceptors (Lipinski definition) is 3. The Labute approximate surface area is 101 Å². The third-order valence-electron chi connectivity index (χ3n) is 2.86. The lowest BCUT2D eigenvalue weighted by Gasteiger charge is -2.23. The highest BCUT2D eigenvalue weighted by molar-refractivity contribution is 5.88. The second-order valence-corrected chi connectivity index (χ2v) is 3.92. The van der Waals surface area contributed by atoms with Crippen molar-refractivity contribution in [3.63, 3.8) is 0 Å². The lowest BCUT2D eigenvalue weighted by atomic mass is 10.2. The lowest BCUT2D eigenvalue weighted by Crippen LogP contribution is -2.26. The molecule has 1 aromatic heterocycles. The number of rotatable bonds is 2. The summed E-state index contributed by atoms with van der Waals surface area (Å²) in [5.74, 6) is -0.920. The number of anilines is 1. The zero-order valence-electron chi connectivity index (χ0n) is 9.09. The number of nitrogens with zero attached hydrogens (tertiary/aromatic N) is 2. The van der Waals surface area contributed by atoms with E-state index in [0.29, 0.717) is 6.04 Å². The lowest BCUT2D eigenvalue weighted by molar-refractivity contribution is 0.0696. The molecule has 0 aromatic carbocycles. The molecule has 2 heterocycles. The van der Waals surface area contributed by atoms with Crippen LogP contribution in [0.15, 0.2) is 18.5 Å². The van der Waals surface area contributed by atoms with Gasteiger partial charge in [0.25, 0.3) is 0 Å². The molecule has 1 aliphatic rings. The van der Waals surface area contributed by atoms with Gasteiger partial charge in [0, 0.05) is 18.8 Å². The Balaban J connectivity index is 0.00000128. The van der Waals surface area contributed by atoms with Gasteiger partial charge in [-0.25, -0.2) is 4.79 Å².